The van der Waals surface area contributed by atoms with Crippen LogP contribution >= 0.6 is 0 Å². The van der Waals surface area contributed by atoms with Gasteiger partial charge < -0.3 is 4.74 Å². The standard InChI is InChI=1S/C8H4F2NO/c9-8(10)12-7-3-1-6(5-11)2-4-7/h1-3,8H. The van der Waals surface area contributed by atoms with Crippen LogP contribution in [0.1, 0.15) is 5.56 Å². The zero-order chi connectivity index (χ0) is 8.97. The third-order valence-corrected chi connectivity index (χ3v) is 1.13. The Hall–Kier alpha value is -1.63. The van der Waals surface area contributed by atoms with Crippen molar-refractivity contribution in [2.24, 2.45) is 0 Å². The number of ether oxygens (including phenoxy) is 1. The number of nitriles is 1. The van der Waals surface area contributed by atoms with E-state index in [1.54, 1.807) is 0 Å². The van der Waals surface area contributed by atoms with Crippen LogP contribution < -0.4 is 4.74 Å². The first-order valence-corrected chi connectivity index (χ1v) is 3.09. The number of hydrogen-bond donors (Lipinski definition) is 0. The van der Waals surface area contributed by atoms with Crippen molar-refractivity contribution in [3.8, 4) is 11.8 Å². The SMILES string of the molecule is N#Cc1c[c]c(OC(F)F)cc1. The average Bonchev–Trinajstić information content (AvgIpc) is 2.05. The summed E-state index contributed by atoms with van der Waals surface area (Å²) in [5.41, 5.74) is 0.358. The van der Waals surface area contributed by atoms with E-state index in [9.17, 15) is 8.78 Å². The Kier molecular flexibility index (Phi) is 2.59. The van der Waals surface area contributed by atoms with E-state index in [-0.39, 0.29) is 5.75 Å². The molecule has 0 unspecified atom stereocenters. The molecule has 1 aromatic carbocycles. The number of rotatable bonds is 2. The van der Waals surface area contributed by atoms with Crippen molar-refractivity contribution in [1.82, 2.24) is 0 Å². The Morgan fingerprint density at radius 3 is 2.67 bits per heavy atom. The van der Waals surface area contributed by atoms with Gasteiger partial charge in [-0.3, -0.25) is 0 Å². The second-order valence-electron chi connectivity index (χ2n) is 1.93. The van der Waals surface area contributed by atoms with Crippen LogP contribution in [0.4, 0.5) is 8.78 Å². The topological polar surface area (TPSA) is 33.0 Å². The summed E-state index contributed by atoms with van der Waals surface area (Å²) < 4.78 is 27.2. The molecule has 0 aliphatic carbocycles. The Morgan fingerprint density at radius 2 is 2.25 bits per heavy atom. The maximum atomic E-state index is 11.6. The van der Waals surface area contributed by atoms with Gasteiger partial charge >= 0.3 is 6.61 Å². The van der Waals surface area contributed by atoms with Gasteiger partial charge in [0.25, 0.3) is 0 Å². The summed E-state index contributed by atoms with van der Waals surface area (Å²) in [6, 6.07) is 8.17. The van der Waals surface area contributed by atoms with Crippen LogP contribution in [0.3, 0.4) is 0 Å². The van der Waals surface area contributed by atoms with E-state index in [1.807, 2.05) is 6.07 Å². The van der Waals surface area contributed by atoms with Crippen LogP contribution in [0, 0.1) is 17.4 Å². The van der Waals surface area contributed by atoms with Crippen molar-refractivity contribution in [3.05, 3.63) is 29.8 Å². The van der Waals surface area contributed by atoms with Gasteiger partial charge in [0.15, 0.2) is 0 Å². The largest absolute Gasteiger partial charge is 0.434 e. The molecular formula is C8H4F2NO. The van der Waals surface area contributed by atoms with Crippen molar-refractivity contribution in [3.63, 3.8) is 0 Å². The van der Waals surface area contributed by atoms with Crippen LogP contribution in [-0.4, -0.2) is 6.61 Å². The predicted octanol–water partition coefficient (Wildman–Crippen LogP) is 1.96. The number of alkyl halides is 2. The van der Waals surface area contributed by atoms with Gasteiger partial charge in [-0.05, 0) is 18.2 Å². The molecule has 1 rings (SSSR count). The lowest BCUT2D eigenvalue weighted by molar-refractivity contribution is -0.0500. The van der Waals surface area contributed by atoms with Crippen LogP contribution in [0.2, 0.25) is 0 Å². The highest BCUT2D eigenvalue weighted by molar-refractivity contribution is 5.33. The highest BCUT2D eigenvalue weighted by Gasteiger charge is 2.03. The molecule has 0 fully saturated rings. The van der Waals surface area contributed by atoms with Crippen LogP contribution in [0.15, 0.2) is 18.2 Å². The van der Waals surface area contributed by atoms with Gasteiger partial charge in [-0.15, -0.1) is 0 Å². The smallest absolute Gasteiger partial charge is 0.387 e. The summed E-state index contributed by atoms with van der Waals surface area (Å²) in [6.45, 7) is -2.85. The Labute approximate surface area is 68.0 Å². The second kappa shape index (κ2) is 3.67. The number of hydrogen-bond acceptors (Lipinski definition) is 2. The van der Waals surface area contributed by atoms with Crippen molar-refractivity contribution in [1.29, 1.82) is 5.26 Å². The van der Waals surface area contributed by atoms with Crippen molar-refractivity contribution in [2.45, 2.75) is 6.61 Å². The zero-order valence-corrected chi connectivity index (χ0v) is 5.92. The monoisotopic (exact) mass is 168 g/mol. The lowest BCUT2D eigenvalue weighted by atomic mass is 10.2. The lowest BCUT2D eigenvalue weighted by Crippen LogP contribution is -2.01. The molecule has 0 saturated heterocycles. The third-order valence-electron chi connectivity index (χ3n) is 1.13. The summed E-state index contributed by atoms with van der Waals surface area (Å²) in [7, 11) is 0. The van der Waals surface area contributed by atoms with E-state index in [4.69, 9.17) is 5.26 Å². The highest BCUT2D eigenvalue weighted by Crippen LogP contribution is 2.13. The number of benzene rings is 1. The first kappa shape index (κ1) is 8.47. The van der Waals surface area contributed by atoms with E-state index in [0.29, 0.717) is 5.56 Å². The van der Waals surface area contributed by atoms with E-state index in [0.717, 1.165) is 0 Å². The molecule has 61 valence electrons. The van der Waals surface area contributed by atoms with E-state index in [2.05, 4.69) is 10.8 Å². The normalized spacial score (nSPS) is 9.50. The molecule has 0 bridgehead atoms. The van der Waals surface area contributed by atoms with E-state index < -0.39 is 6.61 Å². The molecule has 2 nitrogen and oxygen atoms in total. The Bertz CT molecular complexity index is 289. The lowest BCUT2D eigenvalue weighted by Gasteiger charge is -2.01. The minimum atomic E-state index is -2.85. The fourth-order valence-electron chi connectivity index (χ4n) is 0.649. The molecule has 0 aromatic heterocycles. The molecule has 0 atom stereocenters. The molecule has 0 aliphatic rings. The van der Waals surface area contributed by atoms with Gasteiger partial charge in [-0.25, -0.2) is 0 Å². The Balaban J connectivity index is 2.73. The van der Waals surface area contributed by atoms with Gasteiger partial charge in [0.2, 0.25) is 0 Å². The van der Waals surface area contributed by atoms with Gasteiger partial charge in [-0.1, -0.05) is 0 Å². The molecule has 4 heteroatoms. The molecule has 0 amide bonds. The molecule has 0 heterocycles. The molecule has 1 radical (unpaired) electrons. The third kappa shape index (κ3) is 2.20. The fraction of sp³-hybridized carbons (Fsp3) is 0.125. The van der Waals surface area contributed by atoms with E-state index >= 15 is 0 Å². The van der Waals surface area contributed by atoms with Gasteiger partial charge in [0, 0.05) is 6.07 Å². The molecule has 0 saturated carbocycles. The zero-order valence-electron chi connectivity index (χ0n) is 5.92. The van der Waals surface area contributed by atoms with Gasteiger partial charge in [-0.2, -0.15) is 14.0 Å². The van der Waals surface area contributed by atoms with Crippen LogP contribution in [-0.2, 0) is 0 Å². The average molecular weight is 168 g/mol. The second-order valence-corrected chi connectivity index (χ2v) is 1.93. The fourth-order valence-corrected chi connectivity index (χ4v) is 0.649. The van der Waals surface area contributed by atoms with Crippen molar-refractivity contribution in [2.75, 3.05) is 0 Å². The predicted molar refractivity (Wildman–Crippen MR) is 36.6 cm³/mol. The highest BCUT2D eigenvalue weighted by atomic mass is 19.3. The molecule has 0 N–H and O–H groups in total. The summed E-state index contributed by atoms with van der Waals surface area (Å²) >= 11 is 0. The minimum Gasteiger partial charge on any atom is -0.434 e. The minimum absolute atomic E-state index is 0.0657. The molecule has 1 aromatic rings. The van der Waals surface area contributed by atoms with Crippen molar-refractivity contribution < 1.29 is 13.5 Å². The first-order valence-electron chi connectivity index (χ1n) is 3.09. The molecule has 12 heavy (non-hydrogen) atoms. The summed E-state index contributed by atoms with van der Waals surface area (Å²) in [5.74, 6) is -0.0657. The maximum Gasteiger partial charge on any atom is 0.387 e. The van der Waals surface area contributed by atoms with Crippen LogP contribution in [0.25, 0.3) is 0 Å². The van der Waals surface area contributed by atoms with Gasteiger partial charge in [0.1, 0.15) is 5.75 Å². The molecule has 0 aliphatic heterocycles. The quantitative estimate of drug-likeness (QED) is 0.676. The van der Waals surface area contributed by atoms with Gasteiger partial charge in [0.05, 0.1) is 11.6 Å². The maximum absolute atomic E-state index is 11.6. The van der Waals surface area contributed by atoms with E-state index in [1.165, 1.54) is 18.2 Å². The first-order chi connectivity index (χ1) is 5.72. The Morgan fingerprint density at radius 1 is 1.50 bits per heavy atom. The molecular weight excluding hydrogens is 164 g/mol. The summed E-state index contributed by atoms with van der Waals surface area (Å²) in [4.78, 5) is 0. The summed E-state index contributed by atoms with van der Waals surface area (Å²) in [5, 5.41) is 8.35. The number of nitrogens with zero attached hydrogens (tertiary/aromatic N) is 1. The number of halogens is 2. The summed E-state index contributed by atoms with van der Waals surface area (Å²) in [6.07, 6.45) is 0. The molecule has 0 spiro atoms. The van der Waals surface area contributed by atoms with Crippen molar-refractivity contribution >= 4 is 0 Å². The van der Waals surface area contributed by atoms with Crippen LogP contribution in [0.5, 0.6) is 5.75 Å².